The summed E-state index contributed by atoms with van der Waals surface area (Å²) in [6.45, 7) is 5.52. The Morgan fingerprint density at radius 2 is 1.74 bits per heavy atom. The van der Waals surface area contributed by atoms with Crippen LogP contribution in [-0.2, 0) is 0 Å². The van der Waals surface area contributed by atoms with Gasteiger partial charge in [0.1, 0.15) is 48.3 Å². The van der Waals surface area contributed by atoms with E-state index in [1.807, 2.05) is 63.4 Å². The molecule has 1 saturated heterocycles. The molecule has 0 spiro atoms. The number of aromatic nitrogens is 3. The third kappa shape index (κ3) is 4.26. The lowest BCUT2D eigenvalue weighted by Crippen LogP contribution is -2.65. The number of rotatable bonds is 3. The Labute approximate surface area is 212 Å². The predicted molar refractivity (Wildman–Crippen MR) is 147 cm³/mol. The van der Waals surface area contributed by atoms with Gasteiger partial charge in [-0.15, -0.1) is 5.10 Å². The summed E-state index contributed by atoms with van der Waals surface area (Å²) in [6.07, 6.45) is 3.09. The van der Waals surface area contributed by atoms with Gasteiger partial charge in [0, 0.05) is 32.0 Å². The summed E-state index contributed by atoms with van der Waals surface area (Å²) < 4.78 is 20.3. The molecule has 178 valence electrons. The lowest BCUT2D eigenvalue weighted by atomic mass is 9.41. The minimum absolute atomic E-state index is 0.0542. The second-order valence-electron chi connectivity index (χ2n) is 10.4. The zero-order valence-electron chi connectivity index (χ0n) is 21.0. The SMILES string of the molecule is BC1(B)Oc2cc(OC3CCN(c4nn5c(=O)c(Cl)cnc5cc4C)CC3)cc(C)c2OC1(B)B. The van der Waals surface area contributed by atoms with E-state index in [1.165, 1.54) is 10.7 Å². The summed E-state index contributed by atoms with van der Waals surface area (Å²) >= 11 is 5.96. The molecule has 1 aromatic carbocycles. The number of ether oxygens (including phenoxy) is 3. The fourth-order valence-electron chi connectivity index (χ4n) is 4.52. The van der Waals surface area contributed by atoms with Crippen molar-refractivity contribution in [1.29, 1.82) is 0 Å². The van der Waals surface area contributed by atoms with E-state index >= 15 is 0 Å². The highest BCUT2D eigenvalue weighted by molar-refractivity contribution is 6.53. The molecule has 2 aliphatic heterocycles. The third-order valence-corrected chi connectivity index (χ3v) is 7.51. The Balaban J connectivity index is 1.31. The van der Waals surface area contributed by atoms with Crippen molar-refractivity contribution in [1.82, 2.24) is 14.6 Å². The van der Waals surface area contributed by atoms with E-state index in [0.717, 1.165) is 60.1 Å². The molecular formula is C22H27B4ClN4O4. The molecule has 0 unspecified atom stereocenters. The first kappa shape index (κ1) is 24.0. The van der Waals surface area contributed by atoms with Crippen LogP contribution in [0.15, 0.2) is 29.2 Å². The van der Waals surface area contributed by atoms with Gasteiger partial charge in [0.2, 0.25) is 0 Å². The van der Waals surface area contributed by atoms with Crippen LogP contribution in [0.25, 0.3) is 5.65 Å². The molecule has 2 aliphatic rings. The summed E-state index contributed by atoms with van der Waals surface area (Å²) in [5, 5.41) is 3.71. The summed E-state index contributed by atoms with van der Waals surface area (Å²) in [6, 6.07) is 5.81. The highest BCUT2D eigenvalue weighted by atomic mass is 35.5. The number of halogens is 1. The third-order valence-electron chi connectivity index (χ3n) is 7.25. The summed E-state index contributed by atoms with van der Waals surface area (Å²) in [7, 11) is 8.16. The van der Waals surface area contributed by atoms with Gasteiger partial charge in [-0.25, -0.2) is 4.98 Å². The summed E-state index contributed by atoms with van der Waals surface area (Å²) in [5.41, 5.74) is 2.08. The molecule has 0 saturated carbocycles. The predicted octanol–water partition coefficient (Wildman–Crippen LogP) is -0.981. The van der Waals surface area contributed by atoms with E-state index in [2.05, 4.69) is 15.0 Å². The van der Waals surface area contributed by atoms with Gasteiger partial charge in [0.15, 0.2) is 23.0 Å². The van der Waals surface area contributed by atoms with E-state index in [-0.39, 0.29) is 16.7 Å². The van der Waals surface area contributed by atoms with Crippen molar-refractivity contribution in [3.8, 4) is 17.2 Å². The molecule has 13 heteroatoms. The Bertz CT molecular complexity index is 1380. The standard InChI is InChI=1S/C22H27B4ClN4O4/c1-11-7-14(9-16-18(11)35-22(25,26)21(23,24)34-16)33-13-3-5-30(6-4-13)19-12(2)8-17-28-10-15(27)20(32)31(17)29-19/h7-10,13H,3-6,23-26H2,1-2H3. The van der Waals surface area contributed by atoms with Crippen LogP contribution in [0.2, 0.25) is 5.02 Å². The second-order valence-corrected chi connectivity index (χ2v) is 10.8. The number of benzene rings is 1. The van der Waals surface area contributed by atoms with Crippen molar-refractivity contribution in [2.24, 2.45) is 0 Å². The van der Waals surface area contributed by atoms with Gasteiger partial charge in [-0.05, 0) is 37.1 Å². The van der Waals surface area contributed by atoms with Gasteiger partial charge >= 0.3 is 0 Å². The normalized spacial score (nSPS) is 19.0. The van der Waals surface area contributed by atoms with Crippen molar-refractivity contribution in [2.75, 3.05) is 18.0 Å². The molecule has 0 bridgehead atoms. The number of fused-ring (bicyclic) bond motifs is 2. The zero-order valence-corrected chi connectivity index (χ0v) is 21.8. The molecule has 0 N–H and O–H groups in total. The van der Waals surface area contributed by atoms with E-state index in [0.29, 0.717) is 5.65 Å². The maximum absolute atomic E-state index is 12.4. The van der Waals surface area contributed by atoms with Gasteiger partial charge in [-0.1, -0.05) is 11.6 Å². The van der Waals surface area contributed by atoms with Crippen LogP contribution in [0.1, 0.15) is 24.0 Å². The van der Waals surface area contributed by atoms with Crippen LogP contribution >= 0.6 is 11.6 Å². The quantitative estimate of drug-likeness (QED) is 0.437. The van der Waals surface area contributed by atoms with Crippen LogP contribution in [0.5, 0.6) is 17.2 Å². The van der Waals surface area contributed by atoms with Crippen LogP contribution in [0, 0.1) is 13.8 Å². The molecule has 4 heterocycles. The maximum Gasteiger partial charge on any atom is 0.293 e. The number of hydrogen-bond acceptors (Lipinski definition) is 7. The number of nitrogens with zero attached hydrogens (tertiary/aromatic N) is 4. The maximum atomic E-state index is 12.4. The average Bonchev–Trinajstić information content (AvgIpc) is 2.78. The lowest BCUT2D eigenvalue weighted by molar-refractivity contribution is 0.0601. The van der Waals surface area contributed by atoms with E-state index in [1.54, 1.807) is 0 Å². The molecule has 0 atom stereocenters. The number of hydrogen-bond donors (Lipinski definition) is 0. The molecular weight excluding hydrogens is 463 g/mol. The first-order valence-corrected chi connectivity index (χ1v) is 12.3. The highest BCUT2D eigenvalue weighted by Crippen LogP contribution is 2.44. The fourth-order valence-corrected chi connectivity index (χ4v) is 4.64. The summed E-state index contributed by atoms with van der Waals surface area (Å²) in [4.78, 5) is 18.8. The van der Waals surface area contributed by atoms with Crippen LogP contribution in [0.3, 0.4) is 0 Å². The molecule has 8 nitrogen and oxygen atoms in total. The van der Waals surface area contributed by atoms with Gasteiger partial charge in [0.25, 0.3) is 5.56 Å². The number of anilines is 1. The van der Waals surface area contributed by atoms with Crippen molar-refractivity contribution < 1.29 is 14.2 Å². The zero-order chi connectivity index (χ0) is 25.1. The van der Waals surface area contributed by atoms with Crippen LogP contribution < -0.4 is 24.7 Å². The molecule has 35 heavy (non-hydrogen) atoms. The Morgan fingerprint density at radius 3 is 2.46 bits per heavy atom. The Kier molecular flexibility index (Phi) is 5.78. The number of aryl methyl sites for hydroxylation is 2. The smallest absolute Gasteiger partial charge is 0.293 e. The molecule has 0 aliphatic carbocycles. The van der Waals surface area contributed by atoms with Gasteiger partial charge in [0.05, 0.1) is 17.0 Å². The first-order valence-electron chi connectivity index (χ1n) is 11.9. The monoisotopic (exact) mass is 490 g/mol. The van der Waals surface area contributed by atoms with E-state index < -0.39 is 10.8 Å². The van der Waals surface area contributed by atoms with Gasteiger partial charge in [-0.2, -0.15) is 4.52 Å². The average molecular weight is 490 g/mol. The molecule has 5 rings (SSSR count). The number of piperidine rings is 1. The van der Waals surface area contributed by atoms with Crippen LogP contribution in [0.4, 0.5) is 5.82 Å². The summed E-state index contributed by atoms with van der Waals surface area (Å²) in [5.74, 6) is 3.04. The van der Waals surface area contributed by atoms with Gasteiger partial charge in [-0.3, -0.25) is 4.79 Å². The first-order chi connectivity index (χ1) is 16.4. The molecule has 3 aromatic rings. The van der Waals surface area contributed by atoms with Crippen molar-refractivity contribution in [2.45, 2.75) is 43.6 Å². The topological polar surface area (TPSA) is 78.2 Å². The molecule has 2 aromatic heterocycles. The largest absolute Gasteiger partial charge is 0.499 e. The van der Waals surface area contributed by atoms with E-state index in [9.17, 15) is 4.79 Å². The van der Waals surface area contributed by atoms with Crippen molar-refractivity contribution in [3.05, 3.63) is 50.9 Å². The minimum Gasteiger partial charge on any atom is -0.499 e. The Hall–Kier alpha value is -2.74. The van der Waals surface area contributed by atoms with Crippen LogP contribution in [-0.4, -0.2) is 76.0 Å². The lowest BCUT2D eigenvalue weighted by Gasteiger charge is -2.48. The molecule has 0 radical (unpaired) electrons. The minimum atomic E-state index is -0.469. The van der Waals surface area contributed by atoms with Gasteiger partial charge < -0.3 is 19.1 Å². The van der Waals surface area contributed by atoms with E-state index in [4.69, 9.17) is 25.8 Å². The Morgan fingerprint density at radius 1 is 1.06 bits per heavy atom. The fraction of sp³-hybridized carbons (Fsp3) is 0.409. The molecule has 1 fully saturated rings. The molecule has 0 amide bonds. The van der Waals surface area contributed by atoms with Crippen molar-refractivity contribution in [3.63, 3.8) is 0 Å². The second kappa shape index (κ2) is 8.43. The van der Waals surface area contributed by atoms with Crippen molar-refractivity contribution >= 4 is 54.5 Å². The highest BCUT2D eigenvalue weighted by Gasteiger charge is 2.45.